The molecule has 0 radical (unpaired) electrons. The van der Waals surface area contributed by atoms with Crippen LogP contribution in [0.3, 0.4) is 0 Å². The Hall–Kier alpha value is -0.680. The van der Waals surface area contributed by atoms with Crippen molar-refractivity contribution < 1.29 is 14.8 Å². The molecule has 0 aliphatic heterocycles. The van der Waals surface area contributed by atoms with Crippen LogP contribution in [0.2, 0.25) is 0 Å². The van der Waals surface area contributed by atoms with Crippen LogP contribution in [0.5, 0.6) is 0 Å². The average Bonchev–Trinajstić information content (AvgIpc) is 2.06. The van der Waals surface area contributed by atoms with Gasteiger partial charge >= 0.3 is 0 Å². The lowest BCUT2D eigenvalue weighted by Gasteiger charge is -2.20. The first kappa shape index (κ1) is 12.3. The summed E-state index contributed by atoms with van der Waals surface area (Å²) in [6.45, 7) is 0. The minimum Gasteiger partial charge on any atom is -0.388 e. The molecule has 0 bridgehead atoms. The summed E-state index contributed by atoms with van der Waals surface area (Å²) in [6.07, 6.45) is 2.22. The molecule has 0 aromatic rings. The predicted molar refractivity (Wildman–Crippen MR) is 48.2 cm³/mol. The van der Waals surface area contributed by atoms with E-state index < -0.39 is 12.1 Å². The molecule has 0 spiro atoms. The molecule has 0 saturated heterocycles. The van der Waals surface area contributed by atoms with E-state index in [2.05, 4.69) is 4.74 Å². The van der Waals surface area contributed by atoms with Gasteiger partial charge in [-0.05, 0) is 12.8 Å². The molecule has 1 fully saturated rings. The molecular weight excluding hydrogens is 174 g/mol. The lowest BCUT2D eigenvalue weighted by Crippen LogP contribution is -2.36. The third-order valence-corrected chi connectivity index (χ3v) is 1.96. The van der Waals surface area contributed by atoms with Crippen LogP contribution in [0.4, 0.5) is 0 Å². The zero-order chi connectivity index (χ0) is 10.3. The van der Waals surface area contributed by atoms with Crippen LogP contribution >= 0.6 is 0 Å². The van der Waals surface area contributed by atoms with Crippen molar-refractivity contribution in [2.24, 2.45) is 0 Å². The second-order valence-corrected chi connectivity index (χ2v) is 3.11. The molecule has 2 unspecified atom stereocenters. The zero-order valence-electron chi connectivity index (χ0n) is 8.10. The quantitative estimate of drug-likeness (QED) is 0.492. The highest BCUT2D eigenvalue weighted by molar-refractivity contribution is 4.73. The zero-order valence-corrected chi connectivity index (χ0v) is 8.10. The summed E-state index contributed by atoms with van der Waals surface area (Å²) in [4.78, 5) is 9.84. The molecule has 1 saturated carbocycles. The van der Waals surface area contributed by atoms with Crippen molar-refractivity contribution in [3.05, 3.63) is 10.1 Å². The number of hydrogen-bond acceptors (Lipinski definition) is 4. The van der Waals surface area contributed by atoms with Crippen LogP contribution in [-0.4, -0.2) is 36.4 Å². The standard InChI is InChI=1S/C6H11NO3.C2H6O/c8-6-4-2-1-3-5(6)7(9)10;1-3-2/h5-6,8H,1-4H2;1-2H3. The Morgan fingerprint density at radius 2 is 1.85 bits per heavy atom. The van der Waals surface area contributed by atoms with E-state index >= 15 is 0 Å². The molecule has 5 heteroatoms. The SMILES string of the molecule is COC.O=[N+]([O-])C1CCCCC1O. The van der Waals surface area contributed by atoms with Gasteiger partial charge in [0.2, 0.25) is 6.04 Å². The van der Waals surface area contributed by atoms with Gasteiger partial charge in [-0.2, -0.15) is 0 Å². The van der Waals surface area contributed by atoms with Gasteiger partial charge in [0, 0.05) is 25.6 Å². The van der Waals surface area contributed by atoms with Crippen LogP contribution in [0, 0.1) is 10.1 Å². The Morgan fingerprint density at radius 1 is 1.38 bits per heavy atom. The number of aliphatic hydroxyl groups excluding tert-OH is 1. The molecule has 2 atom stereocenters. The molecule has 78 valence electrons. The first-order chi connectivity index (χ1) is 6.13. The van der Waals surface area contributed by atoms with Crippen molar-refractivity contribution in [2.45, 2.75) is 37.8 Å². The number of aliphatic hydroxyl groups is 1. The maximum atomic E-state index is 10.2. The number of nitro groups is 1. The summed E-state index contributed by atoms with van der Waals surface area (Å²) in [7, 11) is 3.25. The van der Waals surface area contributed by atoms with Gasteiger partial charge in [0.15, 0.2) is 0 Å². The van der Waals surface area contributed by atoms with Crippen LogP contribution < -0.4 is 0 Å². The second kappa shape index (κ2) is 6.80. The summed E-state index contributed by atoms with van der Waals surface area (Å²) in [5.41, 5.74) is 0. The first-order valence-electron chi connectivity index (χ1n) is 4.35. The van der Waals surface area contributed by atoms with Crippen LogP contribution in [0.1, 0.15) is 25.7 Å². The number of nitrogens with zero attached hydrogens (tertiary/aromatic N) is 1. The van der Waals surface area contributed by atoms with Crippen molar-refractivity contribution in [1.29, 1.82) is 0 Å². The van der Waals surface area contributed by atoms with Gasteiger partial charge in [-0.1, -0.05) is 6.42 Å². The van der Waals surface area contributed by atoms with Crippen molar-refractivity contribution in [2.75, 3.05) is 14.2 Å². The third-order valence-electron chi connectivity index (χ3n) is 1.96. The van der Waals surface area contributed by atoms with Gasteiger partial charge in [-0.3, -0.25) is 10.1 Å². The van der Waals surface area contributed by atoms with Crippen LogP contribution in [-0.2, 0) is 4.74 Å². The second-order valence-electron chi connectivity index (χ2n) is 3.11. The Bertz CT molecular complexity index is 151. The van der Waals surface area contributed by atoms with E-state index in [-0.39, 0.29) is 4.92 Å². The van der Waals surface area contributed by atoms with Crippen LogP contribution in [0.25, 0.3) is 0 Å². The maximum absolute atomic E-state index is 10.2. The lowest BCUT2D eigenvalue weighted by atomic mass is 9.93. The lowest BCUT2D eigenvalue weighted by molar-refractivity contribution is -0.537. The first-order valence-corrected chi connectivity index (χ1v) is 4.35. The Morgan fingerprint density at radius 3 is 2.15 bits per heavy atom. The van der Waals surface area contributed by atoms with E-state index in [9.17, 15) is 10.1 Å². The third kappa shape index (κ3) is 4.80. The molecule has 0 heterocycles. The largest absolute Gasteiger partial charge is 0.388 e. The number of ether oxygens (including phenoxy) is 1. The normalized spacial score (nSPS) is 27.3. The maximum Gasteiger partial charge on any atom is 0.238 e. The fourth-order valence-electron chi connectivity index (χ4n) is 1.34. The fraction of sp³-hybridized carbons (Fsp3) is 1.00. The highest BCUT2D eigenvalue weighted by Crippen LogP contribution is 2.19. The molecular formula is C8H17NO4. The van der Waals surface area contributed by atoms with Crippen LogP contribution in [0.15, 0.2) is 0 Å². The van der Waals surface area contributed by atoms with E-state index in [0.29, 0.717) is 12.8 Å². The molecule has 1 aliphatic rings. The molecule has 0 aromatic heterocycles. The van der Waals surface area contributed by atoms with Gasteiger partial charge in [0.05, 0.1) is 0 Å². The molecule has 0 aromatic carbocycles. The van der Waals surface area contributed by atoms with Crippen molar-refractivity contribution in [3.8, 4) is 0 Å². The molecule has 1 aliphatic carbocycles. The van der Waals surface area contributed by atoms with Crippen molar-refractivity contribution >= 4 is 0 Å². The van der Waals surface area contributed by atoms with E-state index in [0.717, 1.165) is 12.8 Å². The molecule has 0 amide bonds. The molecule has 5 nitrogen and oxygen atoms in total. The molecule has 13 heavy (non-hydrogen) atoms. The Balaban J connectivity index is 0.000000424. The Kier molecular flexibility index (Phi) is 6.44. The van der Waals surface area contributed by atoms with Gasteiger partial charge in [0.25, 0.3) is 0 Å². The van der Waals surface area contributed by atoms with Gasteiger partial charge < -0.3 is 9.84 Å². The minimum atomic E-state index is -0.705. The summed E-state index contributed by atoms with van der Waals surface area (Å²) >= 11 is 0. The summed E-state index contributed by atoms with van der Waals surface area (Å²) in [6, 6.07) is -0.700. The summed E-state index contributed by atoms with van der Waals surface area (Å²) in [5, 5.41) is 19.3. The number of methoxy groups -OCH3 is 1. The highest BCUT2D eigenvalue weighted by atomic mass is 16.6. The molecule has 1 N–H and O–H groups in total. The number of hydrogen-bond donors (Lipinski definition) is 1. The smallest absolute Gasteiger partial charge is 0.238 e. The number of rotatable bonds is 1. The van der Waals surface area contributed by atoms with E-state index in [1.54, 1.807) is 14.2 Å². The summed E-state index contributed by atoms with van der Waals surface area (Å²) in [5.74, 6) is 0. The van der Waals surface area contributed by atoms with Crippen molar-refractivity contribution in [3.63, 3.8) is 0 Å². The van der Waals surface area contributed by atoms with Gasteiger partial charge in [-0.25, -0.2) is 0 Å². The minimum absolute atomic E-state index is 0.371. The van der Waals surface area contributed by atoms with E-state index in [1.165, 1.54) is 0 Å². The van der Waals surface area contributed by atoms with E-state index in [1.807, 2.05) is 0 Å². The topological polar surface area (TPSA) is 72.6 Å². The highest BCUT2D eigenvalue weighted by Gasteiger charge is 2.31. The van der Waals surface area contributed by atoms with Gasteiger partial charge in [-0.15, -0.1) is 0 Å². The van der Waals surface area contributed by atoms with E-state index in [4.69, 9.17) is 5.11 Å². The van der Waals surface area contributed by atoms with Crippen molar-refractivity contribution in [1.82, 2.24) is 0 Å². The average molecular weight is 191 g/mol. The predicted octanol–water partition coefficient (Wildman–Crippen LogP) is 0.829. The van der Waals surface area contributed by atoms with Gasteiger partial charge in [0.1, 0.15) is 6.10 Å². The monoisotopic (exact) mass is 191 g/mol. The molecule has 1 rings (SSSR count). The summed E-state index contributed by atoms with van der Waals surface area (Å²) < 4.78 is 4.25. The fourth-order valence-corrected chi connectivity index (χ4v) is 1.34. The Labute approximate surface area is 77.9 Å².